The first-order chi connectivity index (χ1) is 13.2. The van der Waals surface area contributed by atoms with Gasteiger partial charge >= 0.3 is 12.1 Å². The van der Waals surface area contributed by atoms with Crippen molar-refractivity contribution in [1.82, 2.24) is 0 Å². The third kappa shape index (κ3) is 4.56. The van der Waals surface area contributed by atoms with Gasteiger partial charge in [0.25, 0.3) is 5.69 Å². The molecule has 0 saturated heterocycles. The Morgan fingerprint density at radius 2 is 1.93 bits per heavy atom. The molecule has 142 valence electrons. The summed E-state index contributed by atoms with van der Waals surface area (Å²) in [5.74, 6) is 0.819. The molecular formula is C18H9F3N2O5. The molecule has 0 N–H and O–H groups in total. The Balaban J connectivity index is 2.44. The van der Waals surface area contributed by atoms with Crippen LogP contribution < -0.4 is 4.74 Å². The van der Waals surface area contributed by atoms with Gasteiger partial charge in [-0.15, -0.1) is 0 Å². The number of nitro groups is 1. The van der Waals surface area contributed by atoms with Gasteiger partial charge in [0, 0.05) is 19.1 Å². The fourth-order valence-electron chi connectivity index (χ4n) is 2.06. The summed E-state index contributed by atoms with van der Waals surface area (Å²) in [4.78, 5) is 22.2. The maximum Gasteiger partial charge on any atom is 0.416 e. The number of nitriles is 1. The molecule has 0 saturated carbocycles. The lowest BCUT2D eigenvalue weighted by Gasteiger charge is -2.11. The summed E-state index contributed by atoms with van der Waals surface area (Å²) in [5.41, 5.74) is -2.50. The number of hydrogen-bond acceptors (Lipinski definition) is 6. The Morgan fingerprint density at radius 3 is 2.50 bits per heavy atom. The fraction of sp³-hybridized carbons (Fsp3) is 0.111. The number of alkyl halides is 3. The maximum atomic E-state index is 12.7. The second-order valence-corrected chi connectivity index (χ2v) is 5.10. The fourth-order valence-corrected chi connectivity index (χ4v) is 2.06. The van der Waals surface area contributed by atoms with Gasteiger partial charge in [0.15, 0.2) is 0 Å². The minimum atomic E-state index is -4.64. The highest BCUT2D eigenvalue weighted by atomic mass is 19.4. The second kappa shape index (κ2) is 8.10. The van der Waals surface area contributed by atoms with Gasteiger partial charge in [0.1, 0.15) is 29.2 Å². The highest BCUT2D eigenvalue weighted by molar-refractivity contribution is 5.95. The van der Waals surface area contributed by atoms with Gasteiger partial charge in [-0.2, -0.15) is 18.4 Å². The predicted octanol–water partition coefficient (Wildman–Crippen LogP) is 4.42. The Kier molecular flexibility index (Phi) is 5.86. The first-order valence-corrected chi connectivity index (χ1v) is 7.38. The van der Waals surface area contributed by atoms with Gasteiger partial charge in [-0.05, 0) is 24.3 Å². The van der Waals surface area contributed by atoms with Crippen molar-refractivity contribution in [2.45, 2.75) is 13.1 Å². The SMILES string of the molecule is CC#COC(=O)c1cc(Oc2ccc(C(F)(F)F)cc2C#N)ccc1[N+](=O)[O-]. The van der Waals surface area contributed by atoms with E-state index in [1.54, 1.807) is 6.07 Å². The number of nitrogens with zero attached hydrogens (tertiary/aromatic N) is 2. The molecule has 0 atom stereocenters. The van der Waals surface area contributed by atoms with Gasteiger partial charge in [-0.1, -0.05) is 5.92 Å². The first kappa shape index (κ1) is 20.3. The molecule has 0 spiro atoms. The van der Waals surface area contributed by atoms with Crippen LogP contribution >= 0.6 is 0 Å². The summed E-state index contributed by atoms with van der Waals surface area (Å²) in [7, 11) is 0. The number of ether oxygens (including phenoxy) is 2. The van der Waals surface area contributed by atoms with Crippen molar-refractivity contribution >= 4 is 11.7 Å². The zero-order chi connectivity index (χ0) is 20.9. The number of rotatable bonds is 4. The van der Waals surface area contributed by atoms with Gasteiger partial charge in [0.05, 0.1) is 16.1 Å². The molecule has 0 fully saturated rings. The number of esters is 1. The van der Waals surface area contributed by atoms with E-state index in [9.17, 15) is 28.1 Å². The molecule has 28 heavy (non-hydrogen) atoms. The summed E-state index contributed by atoms with van der Waals surface area (Å²) in [6.45, 7) is 1.38. The van der Waals surface area contributed by atoms with Gasteiger partial charge in [-0.25, -0.2) is 4.79 Å². The molecule has 0 heterocycles. The first-order valence-electron chi connectivity index (χ1n) is 7.38. The van der Waals surface area contributed by atoms with Crippen LogP contribution in [0.2, 0.25) is 0 Å². The molecule has 0 aliphatic carbocycles. The molecule has 0 aromatic heterocycles. The summed E-state index contributed by atoms with van der Waals surface area (Å²) in [5, 5.41) is 20.1. The highest BCUT2D eigenvalue weighted by Crippen LogP contribution is 2.34. The van der Waals surface area contributed by atoms with E-state index in [0.717, 1.165) is 24.3 Å². The Bertz CT molecular complexity index is 1050. The van der Waals surface area contributed by atoms with Crippen molar-refractivity contribution in [2.75, 3.05) is 0 Å². The van der Waals surface area contributed by atoms with E-state index >= 15 is 0 Å². The lowest BCUT2D eigenvalue weighted by molar-refractivity contribution is -0.385. The lowest BCUT2D eigenvalue weighted by atomic mass is 10.1. The van der Waals surface area contributed by atoms with Crippen LogP contribution in [0.3, 0.4) is 0 Å². The number of nitro benzene ring substituents is 1. The van der Waals surface area contributed by atoms with Crippen LogP contribution in [0.25, 0.3) is 0 Å². The average molecular weight is 390 g/mol. The Labute approximate surface area is 156 Å². The number of carbonyl (C=O) groups excluding carboxylic acids is 1. The smallest absolute Gasteiger partial charge is 0.416 e. The Hall–Kier alpha value is -4.05. The number of benzene rings is 2. The number of hydrogen-bond donors (Lipinski definition) is 0. The molecule has 0 amide bonds. The van der Waals surface area contributed by atoms with Crippen LogP contribution in [0.15, 0.2) is 36.4 Å². The predicted molar refractivity (Wildman–Crippen MR) is 88.2 cm³/mol. The molecule has 7 nitrogen and oxygen atoms in total. The minimum Gasteiger partial charge on any atom is -0.456 e. The van der Waals surface area contributed by atoms with E-state index in [-0.39, 0.29) is 11.5 Å². The van der Waals surface area contributed by atoms with Crippen molar-refractivity contribution < 1.29 is 32.4 Å². The topological polar surface area (TPSA) is 102 Å². The van der Waals surface area contributed by atoms with E-state index in [4.69, 9.17) is 10.00 Å². The molecule has 2 aromatic rings. The summed E-state index contributed by atoms with van der Waals surface area (Å²) < 4.78 is 48.1. The van der Waals surface area contributed by atoms with E-state index in [1.807, 2.05) is 6.11 Å². The quantitative estimate of drug-likeness (QED) is 0.331. The third-order valence-electron chi connectivity index (χ3n) is 3.29. The normalized spacial score (nSPS) is 10.2. The van der Waals surface area contributed by atoms with Crippen molar-refractivity contribution in [3.8, 4) is 29.6 Å². The molecule has 0 aliphatic rings. The van der Waals surface area contributed by atoms with E-state index in [1.165, 1.54) is 6.92 Å². The average Bonchev–Trinajstić information content (AvgIpc) is 2.65. The van der Waals surface area contributed by atoms with E-state index in [0.29, 0.717) is 12.1 Å². The lowest BCUT2D eigenvalue weighted by Crippen LogP contribution is -2.06. The van der Waals surface area contributed by atoms with Crippen molar-refractivity contribution in [3.05, 3.63) is 63.2 Å². The summed E-state index contributed by atoms with van der Waals surface area (Å²) in [6, 6.07) is 6.89. The van der Waals surface area contributed by atoms with Crippen LogP contribution in [0.1, 0.15) is 28.4 Å². The highest BCUT2D eigenvalue weighted by Gasteiger charge is 2.31. The zero-order valence-electron chi connectivity index (χ0n) is 14.0. The largest absolute Gasteiger partial charge is 0.456 e. The molecule has 2 rings (SSSR count). The molecule has 0 aliphatic heterocycles. The van der Waals surface area contributed by atoms with Gasteiger partial charge in [-0.3, -0.25) is 10.1 Å². The van der Waals surface area contributed by atoms with E-state index in [2.05, 4.69) is 10.7 Å². The maximum absolute atomic E-state index is 12.7. The molecule has 0 unspecified atom stereocenters. The molecule has 2 aromatic carbocycles. The molecule has 0 bridgehead atoms. The van der Waals surface area contributed by atoms with Crippen LogP contribution in [0, 0.1) is 33.5 Å². The number of carbonyl (C=O) groups is 1. The summed E-state index contributed by atoms with van der Waals surface area (Å²) >= 11 is 0. The molecule has 0 radical (unpaired) electrons. The third-order valence-corrected chi connectivity index (χ3v) is 3.29. The van der Waals surface area contributed by atoms with Gasteiger partial charge in [0.2, 0.25) is 0 Å². The standard InChI is InChI=1S/C18H9F3N2O5/c1-2-7-27-17(24)14-9-13(4-5-15(14)23(25)26)28-16-6-3-12(18(19,20)21)8-11(16)10-22/h3-6,8-9H,1H3. The van der Waals surface area contributed by atoms with Crippen LogP contribution in [-0.4, -0.2) is 10.9 Å². The monoisotopic (exact) mass is 390 g/mol. The van der Waals surface area contributed by atoms with E-state index < -0.39 is 39.4 Å². The van der Waals surface area contributed by atoms with Crippen LogP contribution in [0.5, 0.6) is 11.5 Å². The van der Waals surface area contributed by atoms with Gasteiger partial charge < -0.3 is 9.47 Å². The van der Waals surface area contributed by atoms with Crippen molar-refractivity contribution in [2.24, 2.45) is 0 Å². The van der Waals surface area contributed by atoms with Crippen molar-refractivity contribution in [3.63, 3.8) is 0 Å². The molecule has 10 heteroatoms. The van der Waals surface area contributed by atoms with Crippen molar-refractivity contribution in [1.29, 1.82) is 5.26 Å². The number of halogens is 3. The van der Waals surface area contributed by atoms with Crippen LogP contribution in [0.4, 0.5) is 18.9 Å². The molecular weight excluding hydrogens is 381 g/mol. The van der Waals surface area contributed by atoms with Crippen LogP contribution in [-0.2, 0) is 10.9 Å². The summed E-state index contributed by atoms with van der Waals surface area (Å²) in [6.07, 6.45) is -2.64. The second-order valence-electron chi connectivity index (χ2n) is 5.10. The Morgan fingerprint density at radius 1 is 1.21 bits per heavy atom. The minimum absolute atomic E-state index is 0.127. The zero-order valence-corrected chi connectivity index (χ0v) is 14.0.